The van der Waals surface area contributed by atoms with E-state index in [1.807, 2.05) is 25.7 Å². The zero-order chi connectivity index (χ0) is 15.2. The lowest BCUT2D eigenvalue weighted by Crippen LogP contribution is -2.45. The molecule has 1 saturated heterocycles. The topological polar surface area (TPSA) is 55.6 Å². The van der Waals surface area contributed by atoms with E-state index in [0.29, 0.717) is 18.0 Å². The number of likely N-dealkylation sites (tertiary alicyclic amines) is 1. The summed E-state index contributed by atoms with van der Waals surface area (Å²) in [6, 6.07) is 0.818. The molecule has 0 unspecified atom stereocenters. The predicted molar refractivity (Wildman–Crippen MR) is 78.7 cm³/mol. The van der Waals surface area contributed by atoms with E-state index < -0.39 is 0 Å². The number of nitrogens with two attached hydrogens (primary N) is 1. The highest BCUT2D eigenvalue weighted by Crippen LogP contribution is 2.42. The number of rotatable bonds is 0. The Morgan fingerprint density at radius 3 is 2.16 bits per heavy atom. The van der Waals surface area contributed by atoms with Crippen LogP contribution in [0.15, 0.2) is 0 Å². The van der Waals surface area contributed by atoms with Crippen LogP contribution in [0.25, 0.3) is 0 Å². The highest BCUT2D eigenvalue weighted by molar-refractivity contribution is 5.69. The van der Waals surface area contributed by atoms with E-state index in [4.69, 9.17) is 4.74 Å². The van der Waals surface area contributed by atoms with Gasteiger partial charge >= 0.3 is 6.09 Å². The second-order valence-corrected chi connectivity index (χ2v) is 5.86. The summed E-state index contributed by atoms with van der Waals surface area (Å²) in [5.41, 5.74) is 4.12. The largest absolute Gasteiger partial charge is 0.444 e. The van der Waals surface area contributed by atoms with Gasteiger partial charge in [0.2, 0.25) is 0 Å². The van der Waals surface area contributed by atoms with Crippen molar-refractivity contribution in [1.82, 2.24) is 4.90 Å². The van der Waals surface area contributed by atoms with Crippen molar-refractivity contribution in [3.05, 3.63) is 0 Å². The number of hydrogen-bond donors (Lipinski definition) is 1. The molecule has 1 amide bonds. The standard InChI is InChI=1S/C12H21NO2.C2H2.CH5N/c1-8-9-5-6-10(7-9)13(8)11(14)15-12(2,3)4;2*1-2/h8-10H,5-7H2,1-4H3;1-2H;2H2,1H3/t8-,9+,10-;;/m1../s1. The average Bonchev–Trinajstić information content (AvgIpc) is 2.92. The molecule has 3 atom stereocenters. The number of amides is 1. The maximum atomic E-state index is 12.0. The molecule has 4 nitrogen and oxygen atoms in total. The minimum absolute atomic E-state index is 0.123. The first kappa shape index (κ1) is 17.8. The van der Waals surface area contributed by atoms with Crippen molar-refractivity contribution in [2.75, 3.05) is 7.05 Å². The SMILES string of the molecule is C#C.CN.C[C@@H]1[C@H]2CC[C@H](C2)N1C(=O)OC(C)(C)C. The van der Waals surface area contributed by atoms with Crippen LogP contribution in [0.2, 0.25) is 0 Å². The van der Waals surface area contributed by atoms with E-state index in [1.165, 1.54) is 19.9 Å². The normalized spacial score (nSPS) is 27.8. The van der Waals surface area contributed by atoms with Crippen LogP contribution in [0.1, 0.15) is 47.0 Å². The Bertz CT molecular complexity index is 305. The second kappa shape index (κ2) is 7.40. The van der Waals surface area contributed by atoms with Crippen molar-refractivity contribution in [3.63, 3.8) is 0 Å². The third-order valence-electron chi connectivity index (χ3n) is 3.56. The fourth-order valence-corrected chi connectivity index (χ4v) is 2.87. The molecule has 0 aromatic heterocycles. The molecular weight excluding hydrogens is 240 g/mol. The van der Waals surface area contributed by atoms with Gasteiger partial charge in [0, 0.05) is 12.1 Å². The number of carbonyl (C=O) groups excluding carboxylic acids is 1. The molecule has 1 aliphatic heterocycles. The Balaban J connectivity index is 0.000000741. The van der Waals surface area contributed by atoms with Gasteiger partial charge in [-0.2, -0.15) is 0 Å². The molecular formula is C15H28N2O2. The van der Waals surface area contributed by atoms with E-state index in [2.05, 4.69) is 25.5 Å². The van der Waals surface area contributed by atoms with Crippen molar-refractivity contribution in [2.24, 2.45) is 11.7 Å². The molecule has 19 heavy (non-hydrogen) atoms. The van der Waals surface area contributed by atoms with Crippen LogP contribution in [0.5, 0.6) is 0 Å². The molecule has 2 aliphatic rings. The second-order valence-electron chi connectivity index (χ2n) is 5.86. The highest BCUT2D eigenvalue weighted by Gasteiger charge is 2.47. The summed E-state index contributed by atoms with van der Waals surface area (Å²) in [7, 11) is 1.50. The molecule has 1 aliphatic carbocycles. The van der Waals surface area contributed by atoms with Gasteiger partial charge in [0.05, 0.1) is 0 Å². The summed E-state index contributed by atoms with van der Waals surface area (Å²) in [4.78, 5) is 13.9. The lowest BCUT2D eigenvalue weighted by atomic mass is 10.0. The van der Waals surface area contributed by atoms with Crippen molar-refractivity contribution >= 4 is 6.09 Å². The number of ether oxygens (including phenoxy) is 1. The summed E-state index contributed by atoms with van der Waals surface area (Å²) in [5.74, 6) is 0.711. The first-order valence-corrected chi connectivity index (χ1v) is 6.81. The van der Waals surface area contributed by atoms with Gasteiger partial charge < -0.3 is 15.4 Å². The molecule has 1 heterocycles. The van der Waals surface area contributed by atoms with Crippen molar-refractivity contribution in [3.8, 4) is 12.8 Å². The van der Waals surface area contributed by atoms with Crippen LogP contribution >= 0.6 is 0 Å². The van der Waals surface area contributed by atoms with Gasteiger partial charge in [-0.05, 0) is 59.9 Å². The smallest absolute Gasteiger partial charge is 0.410 e. The Kier molecular flexibility index (Phi) is 6.93. The fraction of sp³-hybridized carbons (Fsp3) is 0.800. The molecule has 2 rings (SSSR count). The lowest BCUT2D eigenvalue weighted by molar-refractivity contribution is 0.00971. The minimum atomic E-state index is -0.376. The Morgan fingerprint density at radius 2 is 1.79 bits per heavy atom. The number of carbonyl (C=O) groups is 1. The van der Waals surface area contributed by atoms with Gasteiger partial charge in [0.15, 0.2) is 0 Å². The van der Waals surface area contributed by atoms with Crippen molar-refractivity contribution < 1.29 is 9.53 Å². The van der Waals surface area contributed by atoms with Gasteiger partial charge in [-0.3, -0.25) is 0 Å². The molecule has 0 aromatic carbocycles. The van der Waals surface area contributed by atoms with E-state index in [-0.39, 0.29) is 11.7 Å². The van der Waals surface area contributed by atoms with Crippen LogP contribution in [-0.4, -0.2) is 35.7 Å². The third kappa shape index (κ3) is 4.43. The van der Waals surface area contributed by atoms with Crippen molar-refractivity contribution in [1.29, 1.82) is 0 Å². The van der Waals surface area contributed by atoms with Crippen LogP contribution in [0.4, 0.5) is 4.79 Å². The Labute approximate surface area is 117 Å². The summed E-state index contributed by atoms with van der Waals surface area (Å²) in [6.07, 6.45) is 11.5. The van der Waals surface area contributed by atoms with Crippen LogP contribution in [0.3, 0.4) is 0 Å². The number of piperidine rings is 1. The van der Waals surface area contributed by atoms with Gasteiger partial charge in [0.25, 0.3) is 0 Å². The maximum absolute atomic E-state index is 12.0. The van der Waals surface area contributed by atoms with E-state index in [1.54, 1.807) is 0 Å². The number of hydrogen-bond acceptors (Lipinski definition) is 3. The van der Waals surface area contributed by atoms with E-state index in [9.17, 15) is 4.79 Å². The van der Waals surface area contributed by atoms with Crippen molar-refractivity contribution in [2.45, 2.75) is 64.6 Å². The quantitative estimate of drug-likeness (QED) is 0.687. The molecule has 0 radical (unpaired) electrons. The highest BCUT2D eigenvalue weighted by atomic mass is 16.6. The van der Waals surface area contributed by atoms with Crippen LogP contribution in [0, 0.1) is 18.8 Å². The first-order chi connectivity index (χ1) is 8.88. The molecule has 4 heteroatoms. The van der Waals surface area contributed by atoms with Gasteiger partial charge in [-0.25, -0.2) is 4.79 Å². The zero-order valence-electron chi connectivity index (χ0n) is 12.8. The van der Waals surface area contributed by atoms with Gasteiger partial charge in [-0.15, -0.1) is 12.8 Å². The minimum Gasteiger partial charge on any atom is -0.444 e. The Hall–Kier alpha value is -1.21. The maximum Gasteiger partial charge on any atom is 0.410 e. The lowest BCUT2D eigenvalue weighted by Gasteiger charge is -2.34. The molecule has 2 bridgehead atoms. The zero-order valence-corrected chi connectivity index (χ0v) is 12.8. The average molecular weight is 268 g/mol. The number of terminal acetylenes is 1. The summed E-state index contributed by atoms with van der Waals surface area (Å²) >= 11 is 0. The Morgan fingerprint density at radius 1 is 1.26 bits per heavy atom. The molecule has 1 saturated carbocycles. The monoisotopic (exact) mass is 268 g/mol. The fourth-order valence-electron chi connectivity index (χ4n) is 2.87. The van der Waals surface area contributed by atoms with Crippen LogP contribution < -0.4 is 5.73 Å². The van der Waals surface area contributed by atoms with Gasteiger partial charge in [0.1, 0.15) is 5.60 Å². The molecule has 0 spiro atoms. The van der Waals surface area contributed by atoms with E-state index in [0.717, 1.165) is 6.42 Å². The van der Waals surface area contributed by atoms with E-state index >= 15 is 0 Å². The predicted octanol–water partition coefficient (Wildman–Crippen LogP) is 2.62. The van der Waals surface area contributed by atoms with Gasteiger partial charge in [-0.1, -0.05) is 0 Å². The summed E-state index contributed by atoms with van der Waals surface area (Å²) in [5, 5.41) is 0. The van der Waals surface area contributed by atoms with Crippen LogP contribution in [-0.2, 0) is 4.74 Å². The first-order valence-electron chi connectivity index (χ1n) is 6.81. The number of fused-ring (bicyclic) bond motifs is 2. The number of nitrogens with zero attached hydrogens (tertiary/aromatic N) is 1. The third-order valence-corrected chi connectivity index (χ3v) is 3.56. The molecule has 110 valence electrons. The molecule has 2 N–H and O–H groups in total. The molecule has 0 aromatic rings. The summed E-state index contributed by atoms with van der Waals surface area (Å²) < 4.78 is 5.43. The summed E-state index contributed by atoms with van der Waals surface area (Å²) in [6.45, 7) is 7.91. The molecule has 2 fully saturated rings.